The Labute approximate surface area is 147 Å². The first kappa shape index (κ1) is 18.8. The zero-order valence-corrected chi connectivity index (χ0v) is 15.1. The molecule has 1 heterocycles. The predicted molar refractivity (Wildman–Crippen MR) is 99.1 cm³/mol. The number of benzene rings is 1. The van der Waals surface area contributed by atoms with E-state index in [1.54, 1.807) is 11.9 Å². The fraction of sp³-hybridized carbons (Fsp3) is 0.588. The Kier molecular flexibility index (Phi) is 7.62. The van der Waals surface area contributed by atoms with E-state index in [-0.39, 0.29) is 11.7 Å². The van der Waals surface area contributed by atoms with Gasteiger partial charge in [0, 0.05) is 32.7 Å². The van der Waals surface area contributed by atoms with E-state index in [4.69, 9.17) is 0 Å². The molecule has 1 unspecified atom stereocenters. The van der Waals surface area contributed by atoms with Crippen LogP contribution in [0.25, 0.3) is 0 Å². The molecule has 134 valence electrons. The quantitative estimate of drug-likeness (QED) is 0.448. The molecule has 1 aromatic carbocycles. The third-order valence-corrected chi connectivity index (χ3v) is 4.77. The number of hydrogen-bond acceptors (Lipinski definition) is 3. The third-order valence-electron chi connectivity index (χ3n) is 4.07. The van der Waals surface area contributed by atoms with Crippen LogP contribution in [-0.4, -0.2) is 50.7 Å². The second-order valence-electron chi connectivity index (χ2n) is 5.85. The van der Waals surface area contributed by atoms with Crippen molar-refractivity contribution in [2.75, 3.05) is 43.6 Å². The number of para-hydroxylation sites is 1. The van der Waals surface area contributed by atoms with Crippen molar-refractivity contribution in [1.29, 1.82) is 0 Å². The normalized spacial score (nSPS) is 18.1. The van der Waals surface area contributed by atoms with Crippen molar-refractivity contribution in [1.82, 2.24) is 10.6 Å². The number of aliphatic imine (C=N–C) groups is 1. The highest BCUT2D eigenvalue weighted by Gasteiger charge is 2.27. The smallest absolute Gasteiger partial charge is 0.191 e. The Hall–Kier alpha value is -1.50. The van der Waals surface area contributed by atoms with Gasteiger partial charge in [0.25, 0.3) is 0 Å². The number of rotatable bonds is 7. The summed E-state index contributed by atoms with van der Waals surface area (Å²) in [5.74, 6) is 0.901. The van der Waals surface area contributed by atoms with Gasteiger partial charge in [-0.05, 0) is 43.4 Å². The highest BCUT2D eigenvalue weighted by Crippen LogP contribution is 2.26. The van der Waals surface area contributed by atoms with E-state index in [0.29, 0.717) is 13.1 Å². The summed E-state index contributed by atoms with van der Waals surface area (Å²) in [6.07, 6.45) is 5.20. The summed E-state index contributed by atoms with van der Waals surface area (Å²) in [7, 11) is 1.74. The second-order valence-corrected chi connectivity index (χ2v) is 6.83. The van der Waals surface area contributed by atoms with Crippen LogP contribution in [-0.2, 0) is 0 Å². The van der Waals surface area contributed by atoms with Gasteiger partial charge in [-0.25, -0.2) is 8.78 Å². The number of nitrogens with zero attached hydrogens (tertiary/aromatic N) is 2. The molecule has 1 saturated heterocycles. The molecule has 7 heteroatoms. The molecular weight excluding hydrogens is 330 g/mol. The van der Waals surface area contributed by atoms with E-state index in [2.05, 4.69) is 21.9 Å². The van der Waals surface area contributed by atoms with E-state index >= 15 is 0 Å². The summed E-state index contributed by atoms with van der Waals surface area (Å²) in [5, 5.41) is 6.64. The molecule has 2 N–H and O–H groups in total. The molecule has 0 amide bonds. The zero-order chi connectivity index (χ0) is 17.4. The van der Waals surface area contributed by atoms with Crippen LogP contribution in [0, 0.1) is 11.6 Å². The summed E-state index contributed by atoms with van der Waals surface area (Å²) in [6, 6.07) is 4.12. The van der Waals surface area contributed by atoms with Crippen LogP contribution in [0.5, 0.6) is 0 Å². The van der Waals surface area contributed by atoms with Crippen LogP contribution in [0.4, 0.5) is 14.5 Å². The van der Waals surface area contributed by atoms with Gasteiger partial charge in [-0.15, -0.1) is 0 Å². The average Bonchev–Trinajstić information content (AvgIpc) is 3.01. The van der Waals surface area contributed by atoms with Crippen LogP contribution in [0.2, 0.25) is 0 Å². The Morgan fingerprint density at radius 2 is 2.08 bits per heavy atom. The number of hydrogen-bond donors (Lipinski definition) is 2. The highest BCUT2D eigenvalue weighted by atomic mass is 32.2. The van der Waals surface area contributed by atoms with Crippen molar-refractivity contribution in [3.8, 4) is 0 Å². The summed E-state index contributed by atoms with van der Waals surface area (Å²) in [4.78, 5) is 5.98. The summed E-state index contributed by atoms with van der Waals surface area (Å²) in [6.45, 7) is 2.06. The lowest BCUT2D eigenvalue weighted by molar-refractivity contribution is 0.575. The molecule has 0 bridgehead atoms. The molecule has 0 radical (unpaired) electrons. The molecule has 1 aliphatic heterocycles. The maximum absolute atomic E-state index is 13.9. The van der Waals surface area contributed by atoms with Gasteiger partial charge in [0.15, 0.2) is 5.96 Å². The molecule has 1 fully saturated rings. The van der Waals surface area contributed by atoms with E-state index in [0.717, 1.165) is 25.3 Å². The van der Waals surface area contributed by atoms with Crippen molar-refractivity contribution in [2.24, 2.45) is 4.99 Å². The van der Waals surface area contributed by atoms with Crippen LogP contribution < -0.4 is 15.5 Å². The summed E-state index contributed by atoms with van der Waals surface area (Å²) in [5.41, 5.74) is 0.0711. The summed E-state index contributed by atoms with van der Waals surface area (Å²) < 4.78 is 27.8. The minimum absolute atomic E-state index is 0.0711. The monoisotopic (exact) mass is 356 g/mol. The third kappa shape index (κ3) is 5.26. The number of halogens is 2. The van der Waals surface area contributed by atoms with Crippen LogP contribution in [0.15, 0.2) is 23.2 Å². The molecule has 0 aromatic heterocycles. The first-order valence-electron chi connectivity index (χ1n) is 8.30. The van der Waals surface area contributed by atoms with Gasteiger partial charge >= 0.3 is 0 Å². The number of nitrogens with one attached hydrogen (secondary N) is 2. The minimum atomic E-state index is -0.507. The average molecular weight is 356 g/mol. The van der Waals surface area contributed by atoms with E-state index in [1.165, 1.54) is 30.4 Å². The largest absolute Gasteiger partial charge is 0.365 e. The highest BCUT2D eigenvalue weighted by molar-refractivity contribution is 7.98. The van der Waals surface area contributed by atoms with E-state index < -0.39 is 11.6 Å². The maximum Gasteiger partial charge on any atom is 0.191 e. The molecule has 0 saturated carbocycles. The molecule has 1 aliphatic rings. The maximum atomic E-state index is 13.9. The van der Waals surface area contributed by atoms with Gasteiger partial charge in [-0.1, -0.05) is 6.07 Å². The first-order chi connectivity index (χ1) is 11.7. The van der Waals surface area contributed by atoms with Crippen LogP contribution in [0.3, 0.4) is 0 Å². The van der Waals surface area contributed by atoms with Gasteiger partial charge < -0.3 is 15.5 Å². The van der Waals surface area contributed by atoms with Crippen molar-refractivity contribution in [2.45, 2.75) is 25.3 Å². The lowest BCUT2D eigenvalue weighted by Gasteiger charge is -2.21. The molecule has 0 aliphatic carbocycles. The van der Waals surface area contributed by atoms with Gasteiger partial charge in [0.1, 0.15) is 17.3 Å². The Morgan fingerprint density at radius 1 is 1.33 bits per heavy atom. The van der Waals surface area contributed by atoms with Gasteiger partial charge in [0.2, 0.25) is 0 Å². The fourth-order valence-corrected chi connectivity index (χ4v) is 3.33. The number of anilines is 1. The van der Waals surface area contributed by atoms with Crippen LogP contribution in [0.1, 0.15) is 19.3 Å². The van der Waals surface area contributed by atoms with Gasteiger partial charge in [0.05, 0.1) is 0 Å². The van der Waals surface area contributed by atoms with Gasteiger partial charge in [-0.3, -0.25) is 4.99 Å². The standard InChI is InChI=1S/C17H26F2N4S/c1-20-17(21-9-3-4-11-24-2)22-13-8-10-23(12-13)16-14(18)6-5-7-15(16)19/h5-7,13H,3-4,8-12H2,1-2H3,(H2,20,21,22). The topological polar surface area (TPSA) is 39.7 Å². The first-order valence-corrected chi connectivity index (χ1v) is 9.70. The molecular formula is C17H26F2N4S. The number of thioether (sulfide) groups is 1. The SMILES string of the molecule is CN=C(NCCCCSC)NC1CCN(c2c(F)cccc2F)C1. The Balaban J connectivity index is 1.82. The number of guanidine groups is 1. The summed E-state index contributed by atoms with van der Waals surface area (Å²) >= 11 is 1.85. The van der Waals surface area contributed by atoms with Crippen LogP contribution >= 0.6 is 11.8 Å². The number of unbranched alkanes of at least 4 members (excludes halogenated alkanes) is 1. The second kappa shape index (κ2) is 9.71. The molecule has 4 nitrogen and oxygen atoms in total. The Bertz CT molecular complexity index is 533. The van der Waals surface area contributed by atoms with E-state index in [9.17, 15) is 8.78 Å². The lowest BCUT2D eigenvalue weighted by Crippen LogP contribution is -2.45. The van der Waals surface area contributed by atoms with Crippen molar-refractivity contribution >= 4 is 23.4 Å². The zero-order valence-electron chi connectivity index (χ0n) is 14.3. The molecule has 2 rings (SSSR count). The molecule has 24 heavy (non-hydrogen) atoms. The Morgan fingerprint density at radius 3 is 2.75 bits per heavy atom. The molecule has 1 aromatic rings. The molecule has 1 atom stereocenters. The minimum Gasteiger partial charge on any atom is -0.365 e. The van der Waals surface area contributed by atoms with Crippen molar-refractivity contribution < 1.29 is 8.78 Å². The van der Waals surface area contributed by atoms with Crippen molar-refractivity contribution in [3.63, 3.8) is 0 Å². The lowest BCUT2D eigenvalue weighted by atomic mass is 10.2. The van der Waals surface area contributed by atoms with Gasteiger partial charge in [-0.2, -0.15) is 11.8 Å². The predicted octanol–water partition coefficient (Wildman–Crippen LogP) is 2.85. The molecule has 0 spiro atoms. The fourth-order valence-electron chi connectivity index (χ4n) is 2.84. The van der Waals surface area contributed by atoms with E-state index in [1.807, 2.05) is 11.8 Å². The van der Waals surface area contributed by atoms with Crippen molar-refractivity contribution in [3.05, 3.63) is 29.8 Å².